The summed E-state index contributed by atoms with van der Waals surface area (Å²) in [6.07, 6.45) is 2.11. The van der Waals surface area contributed by atoms with Gasteiger partial charge in [-0.1, -0.05) is 62.7 Å². The number of likely N-dealkylation sites (tertiary alicyclic amines) is 1. The summed E-state index contributed by atoms with van der Waals surface area (Å²) in [5.74, 6) is 0.375. The van der Waals surface area contributed by atoms with Gasteiger partial charge in [0.2, 0.25) is 0 Å². The molecular weight excluding hydrogens is 382 g/mol. The summed E-state index contributed by atoms with van der Waals surface area (Å²) in [4.78, 5) is 2.57. The Balaban J connectivity index is 1.53. The standard InChI is InChI=1S/C25H32ClNO2/c1-17(29-16-18-8-6-5-7-9-18)15-27-13-12-25(4)22(27)14-19-21(28)11-10-20(26)23(19)24(25,2)3/h5-11,17,22,28H,12-16H2,1-4H3/t17-,22-,25+/m0/s1. The molecule has 1 heterocycles. The van der Waals surface area contributed by atoms with Crippen LogP contribution in [-0.2, 0) is 23.2 Å². The first-order valence-electron chi connectivity index (χ1n) is 10.6. The molecule has 1 saturated heterocycles. The number of benzene rings is 2. The average molecular weight is 414 g/mol. The van der Waals surface area contributed by atoms with Crippen molar-refractivity contribution in [1.82, 2.24) is 4.90 Å². The Bertz CT molecular complexity index is 882. The molecule has 29 heavy (non-hydrogen) atoms. The minimum absolute atomic E-state index is 0.107. The van der Waals surface area contributed by atoms with E-state index in [1.54, 1.807) is 6.07 Å². The first-order valence-corrected chi connectivity index (χ1v) is 11.0. The van der Waals surface area contributed by atoms with E-state index in [1.165, 1.54) is 5.56 Å². The topological polar surface area (TPSA) is 32.7 Å². The quantitative estimate of drug-likeness (QED) is 0.695. The van der Waals surface area contributed by atoms with E-state index in [0.717, 1.165) is 42.1 Å². The van der Waals surface area contributed by atoms with Gasteiger partial charge >= 0.3 is 0 Å². The third-order valence-corrected chi connectivity index (χ3v) is 7.97. The number of phenolic OH excluding ortho intramolecular Hbond substituents is 1. The molecule has 0 bridgehead atoms. The molecule has 0 amide bonds. The zero-order valence-corrected chi connectivity index (χ0v) is 18.7. The van der Waals surface area contributed by atoms with E-state index in [4.69, 9.17) is 16.3 Å². The molecule has 3 nitrogen and oxygen atoms in total. The molecule has 4 heteroatoms. The highest BCUT2D eigenvalue weighted by Crippen LogP contribution is 2.58. The van der Waals surface area contributed by atoms with E-state index >= 15 is 0 Å². The van der Waals surface area contributed by atoms with Crippen molar-refractivity contribution in [3.63, 3.8) is 0 Å². The molecule has 0 aromatic heterocycles. The summed E-state index contributed by atoms with van der Waals surface area (Å²) in [7, 11) is 0. The summed E-state index contributed by atoms with van der Waals surface area (Å²) >= 11 is 6.63. The van der Waals surface area contributed by atoms with Crippen molar-refractivity contribution >= 4 is 11.6 Å². The Labute approximate surface area is 179 Å². The smallest absolute Gasteiger partial charge is 0.119 e. The average Bonchev–Trinajstić information content (AvgIpc) is 3.01. The van der Waals surface area contributed by atoms with Crippen LogP contribution in [0, 0.1) is 5.41 Å². The SMILES string of the molecule is C[C@@H](CN1CC[C@]2(C)[C@@H]1Cc1c(O)ccc(Cl)c1C2(C)C)OCc1ccccc1. The normalized spacial score (nSPS) is 26.7. The van der Waals surface area contributed by atoms with Crippen molar-refractivity contribution in [3.05, 3.63) is 64.2 Å². The number of phenols is 1. The Morgan fingerprint density at radius 2 is 1.90 bits per heavy atom. The van der Waals surface area contributed by atoms with Gasteiger partial charge in [0.05, 0.1) is 12.7 Å². The summed E-state index contributed by atoms with van der Waals surface area (Å²) in [6, 6.07) is 14.3. The monoisotopic (exact) mass is 413 g/mol. The molecule has 2 aromatic carbocycles. The Morgan fingerprint density at radius 1 is 1.17 bits per heavy atom. The Hall–Kier alpha value is -1.55. The number of nitrogens with zero attached hydrogens (tertiary/aromatic N) is 1. The maximum Gasteiger partial charge on any atom is 0.119 e. The van der Waals surface area contributed by atoms with Crippen molar-refractivity contribution < 1.29 is 9.84 Å². The lowest BCUT2D eigenvalue weighted by atomic mass is 9.54. The van der Waals surface area contributed by atoms with E-state index in [-0.39, 0.29) is 16.9 Å². The summed E-state index contributed by atoms with van der Waals surface area (Å²) in [5, 5.41) is 11.4. The lowest BCUT2D eigenvalue weighted by molar-refractivity contribution is 0.00735. The van der Waals surface area contributed by atoms with Crippen molar-refractivity contribution in [2.75, 3.05) is 13.1 Å². The fraction of sp³-hybridized carbons (Fsp3) is 0.520. The zero-order chi connectivity index (χ0) is 20.8. The molecule has 1 N–H and O–H groups in total. The fourth-order valence-electron chi connectivity index (χ4n) is 5.57. The van der Waals surface area contributed by atoms with E-state index < -0.39 is 0 Å². The van der Waals surface area contributed by atoms with Crippen LogP contribution in [0.1, 0.15) is 50.8 Å². The van der Waals surface area contributed by atoms with Crippen molar-refractivity contribution in [2.45, 2.75) is 64.7 Å². The molecule has 1 aliphatic carbocycles. The molecule has 1 aliphatic heterocycles. The van der Waals surface area contributed by atoms with Crippen LogP contribution < -0.4 is 0 Å². The number of fused-ring (bicyclic) bond motifs is 2. The Kier molecular flexibility index (Phi) is 5.43. The van der Waals surface area contributed by atoms with Gasteiger partial charge in [0.15, 0.2) is 0 Å². The number of halogens is 1. The molecule has 156 valence electrons. The highest BCUT2D eigenvalue weighted by atomic mass is 35.5. The molecule has 4 rings (SSSR count). The van der Waals surface area contributed by atoms with Gasteiger partial charge in [-0.3, -0.25) is 4.90 Å². The molecule has 3 atom stereocenters. The van der Waals surface area contributed by atoms with E-state index in [1.807, 2.05) is 12.1 Å². The van der Waals surface area contributed by atoms with Gasteiger partial charge in [-0.2, -0.15) is 0 Å². The highest BCUT2D eigenvalue weighted by Gasteiger charge is 2.57. The van der Waals surface area contributed by atoms with Gasteiger partial charge < -0.3 is 9.84 Å². The van der Waals surface area contributed by atoms with Crippen LogP contribution >= 0.6 is 11.6 Å². The summed E-state index contributed by atoms with van der Waals surface area (Å²) in [6.45, 7) is 11.7. The van der Waals surface area contributed by atoms with Gasteiger partial charge in [0, 0.05) is 23.2 Å². The van der Waals surface area contributed by atoms with Crippen LogP contribution in [-0.4, -0.2) is 35.2 Å². The van der Waals surface area contributed by atoms with Gasteiger partial charge in [0.1, 0.15) is 5.75 Å². The third-order valence-electron chi connectivity index (χ3n) is 7.65. The highest BCUT2D eigenvalue weighted by molar-refractivity contribution is 6.31. The number of aromatic hydroxyl groups is 1. The van der Waals surface area contributed by atoms with Gasteiger partial charge in [-0.25, -0.2) is 0 Å². The second kappa shape index (κ2) is 7.61. The van der Waals surface area contributed by atoms with E-state index in [0.29, 0.717) is 18.4 Å². The molecule has 1 fully saturated rings. The third kappa shape index (κ3) is 3.48. The zero-order valence-electron chi connectivity index (χ0n) is 17.9. The maximum atomic E-state index is 10.6. The molecule has 2 aromatic rings. The second-order valence-electron chi connectivity index (χ2n) is 9.53. The number of hydrogen-bond acceptors (Lipinski definition) is 3. The molecule has 0 radical (unpaired) electrons. The molecule has 2 aliphatic rings. The summed E-state index contributed by atoms with van der Waals surface area (Å²) in [5.41, 5.74) is 3.36. The van der Waals surface area contributed by atoms with Crippen LogP contribution in [0.3, 0.4) is 0 Å². The first kappa shape index (κ1) is 20.7. The Morgan fingerprint density at radius 3 is 2.62 bits per heavy atom. The predicted molar refractivity (Wildman–Crippen MR) is 119 cm³/mol. The van der Waals surface area contributed by atoms with Crippen molar-refractivity contribution in [2.24, 2.45) is 5.41 Å². The molecule has 0 unspecified atom stereocenters. The largest absolute Gasteiger partial charge is 0.508 e. The lowest BCUT2D eigenvalue weighted by Crippen LogP contribution is -2.54. The maximum absolute atomic E-state index is 10.6. The van der Waals surface area contributed by atoms with Crippen molar-refractivity contribution in [3.8, 4) is 5.75 Å². The van der Waals surface area contributed by atoms with Crippen LogP contribution in [0.15, 0.2) is 42.5 Å². The number of rotatable bonds is 5. The van der Waals surface area contributed by atoms with Crippen LogP contribution in [0.25, 0.3) is 0 Å². The van der Waals surface area contributed by atoms with Crippen molar-refractivity contribution in [1.29, 1.82) is 0 Å². The van der Waals surface area contributed by atoms with Gasteiger partial charge in [0.25, 0.3) is 0 Å². The van der Waals surface area contributed by atoms with Gasteiger partial charge in [-0.05, 0) is 60.4 Å². The second-order valence-corrected chi connectivity index (χ2v) is 9.94. The van der Waals surface area contributed by atoms with Crippen LogP contribution in [0.4, 0.5) is 0 Å². The van der Waals surface area contributed by atoms with E-state index in [2.05, 4.69) is 56.9 Å². The minimum atomic E-state index is -0.107. The van der Waals surface area contributed by atoms with Gasteiger partial charge in [-0.15, -0.1) is 0 Å². The van der Waals surface area contributed by atoms with E-state index in [9.17, 15) is 5.11 Å². The summed E-state index contributed by atoms with van der Waals surface area (Å²) < 4.78 is 6.15. The van der Waals surface area contributed by atoms with Crippen LogP contribution in [0.5, 0.6) is 5.75 Å². The lowest BCUT2D eigenvalue weighted by Gasteiger charge is -2.52. The molecule has 0 saturated carbocycles. The molecule has 0 spiro atoms. The van der Waals surface area contributed by atoms with Crippen LogP contribution in [0.2, 0.25) is 5.02 Å². The first-order chi connectivity index (χ1) is 13.7. The minimum Gasteiger partial charge on any atom is -0.508 e. The fourth-order valence-corrected chi connectivity index (χ4v) is 5.98. The number of hydrogen-bond donors (Lipinski definition) is 1. The number of ether oxygens (including phenoxy) is 1. The molecular formula is C25H32ClNO2. The predicted octanol–water partition coefficient (Wildman–Crippen LogP) is 5.57.